The van der Waals surface area contributed by atoms with E-state index in [9.17, 15) is 15.3 Å². The maximum Gasteiger partial charge on any atom is 0.185 e. The Kier molecular flexibility index (Phi) is 6.52. The molecular weight excluding hydrogens is 584 g/mol. The van der Waals surface area contributed by atoms with Gasteiger partial charge in [-0.3, -0.25) is 4.79 Å². The predicted molar refractivity (Wildman–Crippen MR) is 183 cm³/mol. The van der Waals surface area contributed by atoms with E-state index in [4.69, 9.17) is 4.74 Å². The Bertz CT molecular complexity index is 1870. The normalized spacial score (nSPS) is 36.6. The van der Waals surface area contributed by atoms with E-state index in [0.717, 1.165) is 61.5 Å². The summed E-state index contributed by atoms with van der Waals surface area (Å²) in [6, 6.07) is 18.1. The number of benzene rings is 3. The topological polar surface area (TPSA) is 87.0 Å². The zero-order valence-electron chi connectivity index (χ0n) is 27.4. The third kappa shape index (κ3) is 3.67. The first-order chi connectivity index (χ1) is 22.7. The second-order valence-corrected chi connectivity index (χ2v) is 15.8. The Morgan fingerprint density at radius 3 is 2.51 bits per heavy atom. The first-order valence-electron chi connectivity index (χ1n) is 17.9. The maximum absolute atomic E-state index is 15.1. The van der Waals surface area contributed by atoms with E-state index in [2.05, 4.69) is 61.2 Å². The minimum Gasteiger partial charge on any atom is -0.396 e. The Balaban J connectivity index is 1.32. The number of aryl methyl sites for hydroxylation is 2. The summed E-state index contributed by atoms with van der Waals surface area (Å²) < 4.78 is 6.09. The van der Waals surface area contributed by atoms with E-state index >= 15 is 4.79 Å². The highest BCUT2D eigenvalue weighted by molar-refractivity contribution is 5.91. The van der Waals surface area contributed by atoms with Gasteiger partial charge in [-0.05, 0) is 108 Å². The minimum atomic E-state index is -1.72. The fourth-order valence-electron chi connectivity index (χ4n) is 12.3. The molecule has 3 aromatic rings. The second-order valence-electron chi connectivity index (χ2n) is 15.8. The van der Waals surface area contributed by atoms with Crippen LogP contribution >= 0.6 is 0 Å². The summed E-state index contributed by atoms with van der Waals surface area (Å²) in [4.78, 5) is 15.1. The minimum absolute atomic E-state index is 0.0264. The van der Waals surface area contributed by atoms with Crippen molar-refractivity contribution in [1.82, 2.24) is 0 Å². The highest BCUT2D eigenvalue weighted by Gasteiger charge is 2.81. The molecule has 9 rings (SSSR count). The Labute approximate surface area is 277 Å². The Morgan fingerprint density at radius 2 is 1.72 bits per heavy atom. The summed E-state index contributed by atoms with van der Waals surface area (Å²) in [6.45, 7) is 4.55. The first-order valence-corrected chi connectivity index (χ1v) is 17.9. The lowest BCUT2D eigenvalue weighted by Gasteiger charge is -2.50. The summed E-state index contributed by atoms with van der Waals surface area (Å²) in [5, 5.41) is 37.3. The molecule has 5 nitrogen and oxygen atoms in total. The summed E-state index contributed by atoms with van der Waals surface area (Å²) >= 11 is 0. The molecule has 3 N–H and O–H groups in total. The lowest BCUT2D eigenvalue weighted by molar-refractivity contribution is -0.256. The number of fused-ring (bicyclic) bond motifs is 5. The van der Waals surface area contributed by atoms with Crippen LogP contribution in [0.5, 0.6) is 0 Å². The average Bonchev–Trinajstić information content (AvgIpc) is 3.66. The van der Waals surface area contributed by atoms with Gasteiger partial charge in [0.25, 0.3) is 0 Å². The number of hydrogen-bond donors (Lipinski definition) is 3. The number of rotatable bonds is 2. The van der Waals surface area contributed by atoms with Crippen LogP contribution in [-0.2, 0) is 34.2 Å². The van der Waals surface area contributed by atoms with Crippen molar-refractivity contribution in [3.63, 3.8) is 0 Å². The molecule has 0 heterocycles. The van der Waals surface area contributed by atoms with Crippen molar-refractivity contribution < 1.29 is 24.9 Å². The van der Waals surface area contributed by atoms with Crippen LogP contribution < -0.4 is 0 Å². The van der Waals surface area contributed by atoms with E-state index < -0.39 is 28.6 Å². The van der Waals surface area contributed by atoms with Crippen molar-refractivity contribution in [1.29, 1.82) is 0 Å². The molecule has 3 spiro atoms. The van der Waals surface area contributed by atoms with Crippen molar-refractivity contribution in [2.24, 2.45) is 22.7 Å². The summed E-state index contributed by atoms with van der Waals surface area (Å²) in [5.74, 6) is -2.52. The number of hydrogen-bond acceptors (Lipinski definition) is 5. The molecule has 244 valence electrons. The van der Waals surface area contributed by atoms with Crippen molar-refractivity contribution >= 4 is 22.6 Å². The fraction of sp³-hybridized carbons (Fsp3) is 0.500. The molecule has 0 aromatic heterocycles. The van der Waals surface area contributed by atoms with Crippen molar-refractivity contribution in [3.8, 4) is 0 Å². The zero-order valence-corrected chi connectivity index (χ0v) is 27.4. The molecule has 6 aliphatic carbocycles. The summed E-state index contributed by atoms with van der Waals surface area (Å²) in [7, 11) is 1.53. The molecule has 5 heteroatoms. The van der Waals surface area contributed by atoms with Crippen LogP contribution in [0.2, 0.25) is 0 Å². The molecule has 3 fully saturated rings. The third-order valence-electron chi connectivity index (χ3n) is 14.2. The molecule has 0 radical (unpaired) electrons. The van der Waals surface area contributed by atoms with E-state index in [-0.39, 0.29) is 36.1 Å². The molecule has 7 atom stereocenters. The average molecular weight is 631 g/mol. The van der Waals surface area contributed by atoms with Gasteiger partial charge in [0.1, 0.15) is 5.78 Å². The predicted octanol–water partition coefficient (Wildman–Crippen LogP) is 6.72. The molecule has 6 aliphatic rings. The SMILES string of the molecule is C=C1[C@H]2[C@H](CO)C[C@]3(C(=O)CCc4cccc(c4)C4(CCCC4)[C@@H]4c5cc6cc7c(cc6cc5C=C[C@H]4O)CCC[C@@]13C7)[C@]2(O)OC. The molecule has 47 heavy (non-hydrogen) atoms. The van der Waals surface area contributed by atoms with Gasteiger partial charge in [-0.15, -0.1) is 0 Å². The van der Waals surface area contributed by atoms with E-state index in [1.807, 2.05) is 6.08 Å². The van der Waals surface area contributed by atoms with Gasteiger partial charge in [0.15, 0.2) is 5.79 Å². The highest BCUT2D eigenvalue weighted by Crippen LogP contribution is 2.76. The van der Waals surface area contributed by atoms with Gasteiger partial charge in [0.05, 0.1) is 11.5 Å². The van der Waals surface area contributed by atoms with Crippen molar-refractivity contribution in [2.45, 2.75) is 93.9 Å². The van der Waals surface area contributed by atoms with E-state index in [1.54, 1.807) is 0 Å². The molecule has 3 aromatic carbocycles. The molecule has 0 amide bonds. The number of carbonyl (C=O) groups is 1. The van der Waals surface area contributed by atoms with E-state index in [0.29, 0.717) is 19.3 Å². The highest BCUT2D eigenvalue weighted by atomic mass is 16.6. The van der Waals surface area contributed by atoms with Crippen LogP contribution in [-0.4, -0.2) is 46.7 Å². The van der Waals surface area contributed by atoms with Gasteiger partial charge in [0.2, 0.25) is 0 Å². The standard InChI is InChI=1S/C42H46O5/c1-25-37-32(24-43)23-41(42(37,46)47-2)36(45)13-10-26-7-5-9-33(17-26)39(14-3-4-15-39)38-34-21-30-20-31-22-40(25,41)16-6-8-27(31)18-29(30)19-28(34)11-12-35(38)44/h5,7,9,11-12,17-21,32,35,37-38,43-44,46H,1,3-4,6,8,10,13-16,22-24H2,2H3/t32-,35+,37-,38+,40+,41+,42+/m0/s1. The largest absolute Gasteiger partial charge is 0.396 e. The fourth-order valence-corrected chi connectivity index (χ4v) is 12.3. The summed E-state index contributed by atoms with van der Waals surface area (Å²) in [5.41, 5.74) is 6.10. The lowest BCUT2D eigenvalue weighted by Crippen LogP contribution is -2.57. The van der Waals surface area contributed by atoms with Gasteiger partial charge >= 0.3 is 0 Å². The quantitative estimate of drug-likeness (QED) is 0.216. The zero-order chi connectivity index (χ0) is 32.3. The number of ketones is 1. The number of Topliss-reactive ketones (excluding diaryl/α,β-unsaturated/α-hetero) is 1. The Morgan fingerprint density at radius 1 is 0.936 bits per heavy atom. The van der Waals surface area contributed by atoms with Crippen LogP contribution in [0.4, 0.5) is 0 Å². The molecule has 0 saturated heterocycles. The second kappa shape index (κ2) is 10.2. The van der Waals surface area contributed by atoms with Crippen LogP contribution in [0.1, 0.15) is 90.7 Å². The van der Waals surface area contributed by atoms with Crippen LogP contribution in [0.25, 0.3) is 16.8 Å². The van der Waals surface area contributed by atoms with Gasteiger partial charge in [-0.1, -0.05) is 79.6 Å². The van der Waals surface area contributed by atoms with Crippen LogP contribution in [0.3, 0.4) is 0 Å². The van der Waals surface area contributed by atoms with E-state index in [1.165, 1.54) is 40.3 Å². The Hall–Kier alpha value is -3.09. The number of carbonyl (C=O) groups excluding carboxylic acids is 1. The van der Waals surface area contributed by atoms with Gasteiger partial charge in [0, 0.05) is 42.8 Å². The van der Waals surface area contributed by atoms with Crippen molar-refractivity contribution in [3.05, 3.63) is 100 Å². The maximum atomic E-state index is 15.1. The number of ether oxygens (including phenoxy) is 1. The molecule has 3 saturated carbocycles. The van der Waals surface area contributed by atoms with Gasteiger partial charge in [-0.2, -0.15) is 0 Å². The third-order valence-corrected chi connectivity index (χ3v) is 14.2. The van der Waals surface area contributed by atoms with Gasteiger partial charge in [-0.25, -0.2) is 0 Å². The lowest BCUT2D eigenvalue weighted by atomic mass is 9.53. The molecular formula is C42H46O5. The van der Waals surface area contributed by atoms with Crippen LogP contribution in [0, 0.1) is 22.7 Å². The van der Waals surface area contributed by atoms with Gasteiger partial charge < -0.3 is 20.1 Å². The number of aliphatic hydroxyl groups excluding tert-OH is 2. The number of methoxy groups -OCH3 is 1. The van der Waals surface area contributed by atoms with Crippen molar-refractivity contribution in [2.75, 3.05) is 13.7 Å². The smallest absolute Gasteiger partial charge is 0.185 e. The molecule has 0 aliphatic heterocycles. The number of aliphatic hydroxyl groups is 3. The summed E-state index contributed by atoms with van der Waals surface area (Å²) in [6.07, 6.45) is 12.2. The monoisotopic (exact) mass is 630 g/mol. The van der Waals surface area contributed by atoms with Crippen LogP contribution in [0.15, 0.2) is 66.8 Å². The first kappa shape index (κ1) is 30.0. The molecule has 8 bridgehead atoms. The molecule has 0 unspecified atom stereocenters.